The number of carbonyl (C=O) groups is 2. The van der Waals surface area contributed by atoms with E-state index in [-0.39, 0.29) is 19.4 Å². The lowest BCUT2D eigenvalue weighted by atomic mass is 9.84. The van der Waals surface area contributed by atoms with Crippen molar-refractivity contribution in [3.8, 4) is 0 Å². The molecule has 1 N–H and O–H groups in total. The van der Waals surface area contributed by atoms with E-state index in [9.17, 15) is 27.2 Å². The van der Waals surface area contributed by atoms with Crippen molar-refractivity contribution in [3.05, 3.63) is 0 Å². The zero-order chi connectivity index (χ0) is 13.3. The molecule has 4 nitrogen and oxygen atoms in total. The van der Waals surface area contributed by atoms with Gasteiger partial charge in [-0.2, -0.15) is 13.2 Å². The summed E-state index contributed by atoms with van der Waals surface area (Å²) < 4.78 is 48.6. The molecular formula is C9H11F4NO3. The smallest absolute Gasteiger partial charge is 0.471 e. The van der Waals surface area contributed by atoms with Gasteiger partial charge in [0.05, 0.1) is 12.1 Å². The molecule has 0 aromatic rings. The van der Waals surface area contributed by atoms with Crippen LogP contribution in [0.5, 0.6) is 0 Å². The molecule has 8 heteroatoms. The summed E-state index contributed by atoms with van der Waals surface area (Å²) in [5.41, 5.74) is -1.59. The van der Waals surface area contributed by atoms with Gasteiger partial charge in [-0.3, -0.25) is 14.0 Å². The standard InChI is InChI=1S/C9H11F4NO3/c10-3-1-8(7(16)17)2-4-14(5-8)6(15)9(11,12)13/h1-5H2,(H,16,17). The van der Waals surface area contributed by atoms with Crippen LogP contribution < -0.4 is 0 Å². The number of alkyl halides is 4. The molecule has 1 fully saturated rings. The summed E-state index contributed by atoms with van der Waals surface area (Å²) in [6.45, 7) is -1.85. The number of carboxylic acid groups (broad SMARTS) is 1. The average Bonchev–Trinajstić information content (AvgIpc) is 2.61. The lowest BCUT2D eigenvalue weighted by Gasteiger charge is -2.23. The van der Waals surface area contributed by atoms with Crippen LogP contribution in [0, 0.1) is 5.41 Å². The van der Waals surface area contributed by atoms with Gasteiger partial charge in [0, 0.05) is 13.1 Å². The minimum Gasteiger partial charge on any atom is -0.481 e. The molecule has 1 heterocycles. The second-order valence-electron chi connectivity index (χ2n) is 4.00. The third kappa shape index (κ3) is 2.67. The quantitative estimate of drug-likeness (QED) is 0.773. The number of carboxylic acids is 1. The van der Waals surface area contributed by atoms with Crippen molar-refractivity contribution in [1.29, 1.82) is 0 Å². The molecule has 1 saturated heterocycles. The van der Waals surface area contributed by atoms with Crippen LogP contribution in [-0.4, -0.2) is 47.8 Å². The molecule has 1 unspecified atom stereocenters. The van der Waals surface area contributed by atoms with E-state index < -0.39 is 36.7 Å². The van der Waals surface area contributed by atoms with Crippen LogP contribution in [0.4, 0.5) is 17.6 Å². The lowest BCUT2D eigenvalue weighted by Crippen LogP contribution is -2.42. The van der Waals surface area contributed by atoms with Gasteiger partial charge >= 0.3 is 18.1 Å². The minimum absolute atomic E-state index is 0.159. The highest BCUT2D eigenvalue weighted by molar-refractivity contribution is 5.84. The predicted octanol–water partition coefficient (Wildman–Crippen LogP) is 1.21. The monoisotopic (exact) mass is 257 g/mol. The Bertz CT molecular complexity index is 331. The molecule has 0 spiro atoms. The zero-order valence-corrected chi connectivity index (χ0v) is 8.76. The van der Waals surface area contributed by atoms with Gasteiger partial charge in [0.25, 0.3) is 0 Å². The van der Waals surface area contributed by atoms with Crippen LogP contribution >= 0.6 is 0 Å². The van der Waals surface area contributed by atoms with E-state index in [4.69, 9.17) is 5.11 Å². The number of hydrogen-bond acceptors (Lipinski definition) is 2. The highest BCUT2D eigenvalue weighted by Crippen LogP contribution is 2.36. The highest BCUT2D eigenvalue weighted by atomic mass is 19.4. The van der Waals surface area contributed by atoms with E-state index >= 15 is 0 Å². The van der Waals surface area contributed by atoms with Crippen LogP contribution in [-0.2, 0) is 9.59 Å². The molecule has 98 valence electrons. The fourth-order valence-electron chi connectivity index (χ4n) is 1.89. The minimum atomic E-state index is -5.02. The number of carbonyl (C=O) groups excluding carboxylic acids is 1. The van der Waals surface area contributed by atoms with Gasteiger partial charge in [-0.1, -0.05) is 0 Å². The van der Waals surface area contributed by atoms with Gasteiger partial charge in [-0.25, -0.2) is 0 Å². The molecule has 0 bridgehead atoms. The third-order valence-electron chi connectivity index (χ3n) is 2.91. The summed E-state index contributed by atoms with van der Waals surface area (Å²) in [5.74, 6) is -3.44. The number of hydrogen-bond donors (Lipinski definition) is 1. The number of aliphatic carboxylic acids is 1. The van der Waals surface area contributed by atoms with Gasteiger partial charge in [0.15, 0.2) is 0 Å². The number of amides is 1. The van der Waals surface area contributed by atoms with E-state index in [1.54, 1.807) is 0 Å². The van der Waals surface area contributed by atoms with E-state index in [1.807, 2.05) is 0 Å². The Morgan fingerprint density at radius 3 is 2.35 bits per heavy atom. The van der Waals surface area contributed by atoms with Crippen molar-refractivity contribution < 1.29 is 32.3 Å². The van der Waals surface area contributed by atoms with E-state index in [0.717, 1.165) is 0 Å². The van der Waals surface area contributed by atoms with Crippen molar-refractivity contribution in [2.75, 3.05) is 19.8 Å². The van der Waals surface area contributed by atoms with Crippen LogP contribution in [0.3, 0.4) is 0 Å². The summed E-state index contributed by atoms with van der Waals surface area (Å²) in [5, 5.41) is 8.91. The maximum atomic E-state index is 12.2. The number of rotatable bonds is 3. The van der Waals surface area contributed by atoms with Crippen molar-refractivity contribution >= 4 is 11.9 Å². The molecule has 0 saturated carbocycles. The van der Waals surface area contributed by atoms with Crippen molar-refractivity contribution in [2.45, 2.75) is 19.0 Å². The number of likely N-dealkylation sites (tertiary alicyclic amines) is 1. The first-order valence-corrected chi connectivity index (χ1v) is 4.88. The molecule has 1 rings (SSSR count). The van der Waals surface area contributed by atoms with Crippen LogP contribution in [0.1, 0.15) is 12.8 Å². The lowest BCUT2D eigenvalue weighted by molar-refractivity contribution is -0.185. The molecule has 1 amide bonds. The van der Waals surface area contributed by atoms with Crippen molar-refractivity contribution in [3.63, 3.8) is 0 Å². The van der Waals surface area contributed by atoms with Crippen LogP contribution in [0.2, 0.25) is 0 Å². The Balaban J connectivity index is 2.80. The molecule has 0 aliphatic carbocycles. The highest BCUT2D eigenvalue weighted by Gasteiger charge is 2.51. The maximum absolute atomic E-state index is 12.2. The van der Waals surface area contributed by atoms with Gasteiger partial charge in [-0.15, -0.1) is 0 Å². The van der Waals surface area contributed by atoms with Gasteiger partial charge < -0.3 is 10.0 Å². The largest absolute Gasteiger partial charge is 0.481 e. The summed E-state index contributed by atoms with van der Waals surface area (Å²) in [6, 6.07) is 0. The topological polar surface area (TPSA) is 57.6 Å². The number of halogens is 4. The first kappa shape index (κ1) is 13.7. The average molecular weight is 257 g/mol. The Morgan fingerprint density at radius 1 is 1.35 bits per heavy atom. The number of nitrogens with zero attached hydrogens (tertiary/aromatic N) is 1. The van der Waals surface area contributed by atoms with Gasteiger partial charge in [-0.05, 0) is 12.8 Å². The van der Waals surface area contributed by atoms with Crippen LogP contribution in [0.25, 0.3) is 0 Å². The van der Waals surface area contributed by atoms with Gasteiger partial charge in [0.1, 0.15) is 0 Å². The summed E-state index contributed by atoms with van der Waals surface area (Å²) in [6.07, 6.45) is -5.57. The van der Waals surface area contributed by atoms with Gasteiger partial charge in [0.2, 0.25) is 0 Å². The fraction of sp³-hybridized carbons (Fsp3) is 0.778. The maximum Gasteiger partial charge on any atom is 0.471 e. The van der Waals surface area contributed by atoms with E-state index in [1.165, 1.54) is 0 Å². The first-order valence-electron chi connectivity index (χ1n) is 4.88. The van der Waals surface area contributed by atoms with E-state index in [0.29, 0.717) is 4.90 Å². The molecule has 0 aromatic heterocycles. The Hall–Kier alpha value is -1.34. The first-order chi connectivity index (χ1) is 7.73. The molecule has 0 aromatic carbocycles. The molecule has 1 aliphatic heterocycles. The molecular weight excluding hydrogens is 246 g/mol. The van der Waals surface area contributed by atoms with E-state index in [2.05, 4.69) is 0 Å². The molecule has 0 radical (unpaired) electrons. The zero-order valence-electron chi connectivity index (χ0n) is 8.76. The van der Waals surface area contributed by atoms with Crippen LogP contribution in [0.15, 0.2) is 0 Å². The SMILES string of the molecule is O=C(N1CCC(CCF)(C(=O)O)C1)C(F)(F)F. The second-order valence-corrected chi connectivity index (χ2v) is 4.00. The fourth-order valence-corrected chi connectivity index (χ4v) is 1.89. The third-order valence-corrected chi connectivity index (χ3v) is 2.91. The van der Waals surface area contributed by atoms with Crippen molar-refractivity contribution in [1.82, 2.24) is 4.90 Å². The Morgan fingerprint density at radius 2 is 1.94 bits per heavy atom. The molecule has 1 atom stereocenters. The second kappa shape index (κ2) is 4.50. The normalized spacial score (nSPS) is 25.1. The Labute approximate surface area is 94.2 Å². The molecule has 1 aliphatic rings. The Kier molecular flexibility index (Phi) is 3.63. The summed E-state index contributed by atoms with van der Waals surface area (Å²) in [7, 11) is 0. The molecule has 17 heavy (non-hydrogen) atoms. The summed E-state index contributed by atoms with van der Waals surface area (Å²) in [4.78, 5) is 22.3. The summed E-state index contributed by atoms with van der Waals surface area (Å²) >= 11 is 0. The predicted molar refractivity (Wildman–Crippen MR) is 47.9 cm³/mol. The van der Waals surface area contributed by atoms with Crippen molar-refractivity contribution in [2.24, 2.45) is 5.41 Å².